The van der Waals surface area contributed by atoms with Gasteiger partial charge in [-0.25, -0.2) is 19.2 Å². The molecule has 0 saturated carbocycles. The van der Waals surface area contributed by atoms with Crippen LogP contribution in [0.2, 0.25) is 0 Å². The fraction of sp³-hybridized carbons (Fsp3) is 0.136. The number of hydrogen-bond acceptors (Lipinski definition) is 7. The lowest BCUT2D eigenvalue weighted by molar-refractivity contribution is 0.0606. The minimum Gasteiger partial charge on any atom is -0.465 e. The lowest BCUT2D eigenvalue weighted by Gasteiger charge is -2.06. The topological polar surface area (TPSA) is 126 Å². The number of methoxy groups -OCH3 is 1. The molecule has 0 saturated heterocycles. The Balaban J connectivity index is 1.45. The molecular formula is C22H18FN5O4S. The molecule has 4 rings (SSSR count). The minimum absolute atomic E-state index is 0.0853. The Morgan fingerprint density at radius 3 is 2.55 bits per heavy atom. The van der Waals surface area contributed by atoms with Crippen molar-refractivity contribution in [3.05, 3.63) is 81.3 Å². The van der Waals surface area contributed by atoms with Crippen LogP contribution < -0.4 is 10.6 Å². The molecule has 0 aliphatic carbocycles. The standard InChI is InChI=1S/C22H18FN5O4S/c1-32-22(31)16-7-6-14(33-16)9-26-20(29)15-10-24-18-17(15)27-11-28-19(18)21(30)25-8-12-2-4-13(23)5-3-12/h2-7,10-11,24H,8-9H2,1H3,(H,25,30)(H,26,29). The number of H-pyrrole nitrogens is 1. The first-order valence-electron chi connectivity index (χ1n) is 9.76. The van der Waals surface area contributed by atoms with E-state index in [0.717, 1.165) is 10.4 Å². The Kier molecular flexibility index (Phi) is 6.41. The van der Waals surface area contributed by atoms with Crippen molar-refractivity contribution in [1.82, 2.24) is 25.6 Å². The highest BCUT2D eigenvalue weighted by molar-refractivity contribution is 7.13. The molecule has 0 spiro atoms. The fourth-order valence-electron chi connectivity index (χ4n) is 3.10. The number of carbonyl (C=O) groups is 3. The molecule has 11 heteroatoms. The van der Waals surface area contributed by atoms with E-state index in [2.05, 4.69) is 30.3 Å². The third-order valence-electron chi connectivity index (χ3n) is 4.76. The Hall–Kier alpha value is -4.12. The van der Waals surface area contributed by atoms with Crippen molar-refractivity contribution in [3.63, 3.8) is 0 Å². The quantitative estimate of drug-likeness (QED) is 0.359. The average molecular weight is 467 g/mol. The molecule has 3 aromatic heterocycles. The molecule has 168 valence electrons. The molecule has 0 aliphatic rings. The second kappa shape index (κ2) is 9.57. The Labute approximate surface area is 191 Å². The van der Waals surface area contributed by atoms with Gasteiger partial charge in [0.25, 0.3) is 11.8 Å². The third-order valence-corrected chi connectivity index (χ3v) is 5.83. The molecule has 0 aliphatic heterocycles. The summed E-state index contributed by atoms with van der Waals surface area (Å²) in [6.45, 7) is 0.399. The number of amides is 2. The maximum atomic E-state index is 13.0. The summed E-state index contributed by atoms with van der Waals surface area (Å²) >= 11 is 1.22. The first-order chi connectivity index (χ1) is 16.0. The number of halogens is 1. The number of esters is 1. The van der Waals surface area contributed by atoms with Crippen LogP contribution in [0.3, 0.4) is 0 Å². The van der Waals surface area contributed by atoms with E-state index in [1.807, 2.05) is 0 Å². The maximum Gasteiger partial charge on any atom is 0.348 e. The van der Waals surface area contributed by atoms with Gasteiger partial charge in [0.2, 0.25) is 0 Å². The number of rotatable bonds is 7. The van der Waals surface area contributed by atoms with Crippen LogP contribution in [0.5, 0.6) is 0 Å². The zero-order valence-electron chi connectivity index (χ0n) is 17.3. The van der Waals surface area contributed by atoms with Gasteiger partial charge in [-0.1, -0.05) is 12.1 Å². The van der Waals surface area contributed by atoms with Crippen molar-refractivity contribution in [2.45, 2.75) is 13.1 Å². The molecule has 0 bridgehead atoms. The Morgan fingerprint density at radius 1 is 1.03 bits per heavy atom. The van der Waals surface area contributed by atoms with E-state index in [9.17, 15) is 18.8 Å². The number of benzene rings is 1. The lowest BCUT2D eigenvalue weighted by atomic mass is 10.2. The first kappa shape index (κ1) is 22.1. The van der Waals surface area contributed by atoms with Crippen LogP contribution in [-0.2, 0) is 17.8 Å². The molecule has 33 heavy (non-hydrogen) atoms. The van der Waals surface area contributed by atoms with Crippen LogP contribution in [-0.4, -0.2) is 39.8 Å². The maximum absolute atomic E-state index is 13.0. The number of ether oxygens (including phenoxy) is 1. The van der Waals surface area contributed by atoms with Crippen molar-refractivity contribution in [2.24, 2.45) is 0 Å². The molecule has 3 heterocycles. The molecule has 4 aromatic rings. The zero-order chi connectivity index (χ0) is 23.4. The van der Waals surface area contributed by atoms with E-state index >= 15 is 0 Å². The zero-order valence-corrected chi connectivity index (χ0v) is 18.2. The molecule has 0 unspecified atom stereocenters. The monoisotopic (exact) mass is 467 g/mol. The largest absolute Gasteiger partial charge is 0.465 e. The number of nitrogens with one attached hydrogen (secondary N) is 3. The number of carbonyl (C=O) groups excluding carboxylic acids is 3. The highest BCUT2D eigenvalue weighted by Gasteiger charge is 2.20. The number of fused-ring (bicyclic) bond motifs is 1. The highest BCUT2D eigenvalue weighted by Crippen LogP contribution is 2.20. The summed E-state index contributed by atoms with van der Waals surface area (Å²) in [5.41, 5.74) is 1.69. The van der Waals surface area contributed by atoms with Gasteiger partial charge in [-0.3, -0.25) is 9.59 Å². The van der Waals surface area contributed by atoms with Crippen LogP contribution in [0.4, 0.5) is 4.39 Å². The van der Waals surface area contributed by atoms with Gasteiger partial charge in [0.1, 0.15) is 22.5 Å². The van der Waals surface area contributed by atoms with Gasteiger partial charge in [-0.2, -0.15) is 0 Å². The summed E-state index contributed by atoms with van der Waals surface area (Å²) in [6, 6.07) is 9.14. The molecule has 0 fully saturated rings. The summed E-state index contributed by atoms with van der Waals surface area (Å²) in [7, 11) is 1.31. The van der Waals surface area contributed by atoms with Crippen LogP contribution >= 0.6 is 11.3 Å². The van der Waals surface area contributed by atoms with E-state index in [0.29, 0.717) is 15.9 Å². The highest BCUT2D eigenvalue weighted by atomic mass is 32.1. The molecule has 0 radical (unpaired) electrons. The predicted octanol–water partition coefficient (Wildman–Crippen LogP) is 2.81. The van der Waals surface area contributed by atoms with E-state index < -0.39 is 17.8 Å². The van der Waals surface area contributed by atoms with Crippen LogP contribution in [0.25, 0.3) is 11.0 Å². The lowest BCUT2D eigenvalue weighted by Crippen LogP contribution is -2.24. The van der Waals surface area contributed by atoms with Gasteiger partial charge in [-0.05, 0) is 29.8 Å². The Morgan fingerprint density at radius 2 is 1.79 bits per heavy atom. The van der Waals surface area contributed by atoms with Gasteiger partial charge >= 0.3 is 5.97 Å². The molecule has 9 nitrogen and oxygen atoms in total. The molecule has 2 amide bonds. The second-order valence-corrected chi connectivity index (χ2v) is 8.07. The molecular weight excluding hydrogens is 449 g/mol. The number of aromatic nitrogens is 3. The van der Waals surface area contributed by atoms with Crippen LogP contribution in [0, 0.1) is 5.82 Å². The fourth-order valence-corrected chi connectivity index (χ4v) is 3.96. The molecule has 1 aromatic carbocycles. The summed E-state index contributed by atoms with van der Waals surface area (Å²) in [5, 5.41) is 5.49. The van der Waals surface area contributed by atoms with Gasteiger partial charge < -0.3 is 20.4 Å². The van der Waals surface area contributed by atoms with Gasteiger partial charge in [0, 0.05) is 17.6 Å². The first-order valence-corrected chi connectivity index (χ1v) is 10.6. The van der Waals surface area contributed by atoms with Crippen LogP contribution in [0.1, 0.15) is 41.0 Å². The second-order valence-electron chi connectivity index (χ2n) is 6.90. The van der Waals surface area contributed by atoms with Gasteiger partial charge in [0.05, 0.1) is 24.7 Å². The SMILES string of the molecule is COC(=O)c1ccc(CNC(=O)c2c[nH]c3c(C(=O)NCc4ccc(F)cc4)ncnc23)s1. The number of aromatic amines is 1. The van der Waals surface area contributed by atoms with Gasteiger partial charge in [0.15, 0.2) is 5.69 Å². The van der Waals surface area contributed by atoms with Crippen LogP contribution in [0.15, 0.2) is 48.9 Å². The van der Waals surface area contributed by atoms with Crippen molar-refractivity contribution >= 4 is 40.2 Å². The third kappa shape index (κ3) is 4.88. The number of thiophene rings is 1. The van der Waals surface area contributed by atoms with Crippen molar-refractivity contribution < 1.29 is 23.5 Å². The number of hydrogen-bond donors (Lipinski definition) is 3. The summed E-state index contributed by atoms with van der Waals surface area (Å²) in [5.74, 6) is -1.65. The van der Waals surface area contributed by atoms with Crippen molar-refractivity contribution in [3.8, 4) is 0 Å². The Bertz CT molecular complexity index is 1330. The smallest absolute Gasteiger partial charge is 0.348 e. The summed E-state index contributed by atoms with van der Waals surface area (Å²) in [6.07, 6.45) is 2.67. The normalized spacial score (nSPS) is 10.7. The average Bonchev–Trinajstić information content (AvgIpc) is 3.49. The predicted molar refractivity (Wildman–Crippen MR) is 118 cm³/mol. The van der Waals surface area contributed by atoms with E-state index in [-0.39, 0.29) is 30.2 Å². The van der Waals surface area contributed by atoms with E-state index in [4.69, 9.17) is 0 Å². The van der Waals surface area contributed by atoms with Gasteiger partial charge in [-0.15, -0.1) is 11.3 Å². The molecule has 0 atom stereocenters. The summed E-state index contributed by atoms with van der Waals surface area (Å²) < 4.78 is 17.7. The van der Waals surface area contributed by atoms with Crippen molar-refractivity contribution in [2.75, 3.05) is 7.11 Å². The van der Waals surface area contributed by atoms with E-state index in [1.165, 1.54) is 43.1 Å². The molecule has 3 N–H and O–H groups in total. The number of nitrogens with zero attached hydrogens (tertiary/aromatic N) is 2. The minimum atomic E-state index is -0.463. The van der Waals surface area contributed by atoms with Crippen molar-refractivity contribution in [1.29, 1.82) is 0 Å². The van der Waals surface area contributed by atoms with E-state index in [1.54, 1.807) is 24.3 Å². The summed E-state index contributed by atoms with van der Waals surface area (Å²) in [4.78, 5) is 49.2.